The van der Waals surface area contributed by atoms with Crippen LogP contribution < -0.4 is 15.4 Å². The lowest BCUT2D eigenvalue weighted by Gasteiger charge is -2.51. The van der Waals surface area contributed by atoms with Gasteiger partial charge < -0.3 is 24.9 Å². The molecule has 1 aromatic carbocycles. The third-order valence-electron chi connectivity index (χ3n) is 6.76. The van der Waals surface area contributed by atoms with Gasteiger partial charge in [-0.2, -0.15) is 0 Å². The number of rotatable bonds is 6. The van der Waals surface area contributed by atoms with Crippen molar-refractivity contribution in [2.45, 2.75) is 63.6 Å². The van der Waals surface area contributed by atoms with Crippen LogP contribution in [0.15, 0.2) is 28.7 Å². The van der Waals surface area contributed by atoms with E-state index in [-0.39, 0.29) is 35.0 Å². The van der Waals surface area contributed by atoms with Crippen LogP contribution in [0.5, 0.6) is 5.75 Å². The molecule has 2 saturated carbocycles. The Morgan fingerprint density at radius 1 is 1.30 bits per heavy atom. The Labute approximate surface area is 196 Å². The average Bonchev–Trinajstić information content (AvgIpc) is 3.10. The van der Waals surface area contributed by atoms with E-state index in [1.54, 1.807) is 6.07 Å². The maximum Gasteiger partial charge on any atom is 0.287 e. The summed E-state index contributed by atoms with van der Waals surface area (Å²) in [6.07, 6.45) is 2.64. The summed E-state index contributed by atoms with van der Waals surface area (Å²) in [5.41, 5.74) is 0.376. The lowest BCUT2D eigenvalue weighted by atomic mass is 9.64. The first kappa shape index (κ1) is 23.6. The van der Waals surface area contributed by atoms with Crippen molar-refractivity contribution in [2.75, 3.05) is 6.61 Å². The van der Waals surface area contributed by atoms with Crippen LogP contribution in [0.3, 0.4) is 0 Å². The number of aliphatic hydroxyl groups is 1. The number of amides is 2. The molecule has 0 spiro atoms. The number of hydrogen-bond donors (Lipinski definition) is 3. The number of carbonyl (C=O) groups excluding carboxylic acids is 2. The standard InChI is InChI=1S/C24H28ClFN2O5/c1-13-8-20(33-14(13)2)23(31)28-24-7-3-4-15(10-24)22(19(29)11-24)27-21(30)12-32-16-5-6-17(25)18(26)9-16/h5-6,8-9,15,19,22,29H,3-4,7,10-12H2,1-2H3,(H,27,30)(H,28,31). The Balaban J connectivity index is 1.36. The Kier molecular flexibility index (Phi) is 6.68. The average molecular weight is 479 g/mol. The molecule has 178 valence electrons. The van der Waals surface area contributed by atoms with E-state index in [4.69, 9.17) is 20.8 Å². The first-order chi connectivity index (χ1) is 15.7. The first-order valence-electron chi connectivity index (χ1n) is 11.1. The van der Waals surface area contributed by atoms with Crippen molar-refractivity contribution in [3.63, 3.8) is 0 Å². The minimum Gasteiger partial charge on any atom is -0.484 e. The van der Waals surface area contributed by atoms with Gasteiger partial charge in [-0.05, 0) is 69.2 Å². The second-order valence-electron chi connectivity index (χ2n) is 9.17. The molecular formula is C24H28ClFN2O5. The minimum absolute atomic E-state index is 0.0137. The van der Waals surface area contributed by atoms with E-state index < -0.39 is 29.4 Å². The third-order valence-corrected chi connectivity index (χ3v) is 7.07. The maximum atomic E-state index is 13.5. The molecule has 2 aliphatic rings. The molecule has 2 bridgehead atoms. The van der Waals surface area contributed by atoms with Gasteiger partial charge in [0.05, 0.1) is 17.2 Å². The van der Waals surface area contributed by atoms with E-state index in [9.17, 15) is 19.1 Å². The Morgan fingerprint density at radius 2 is 2.09 bits per heavy atom. The number of aryl methyl sites for hydroxylation is 2. The number of aliphatic hydroxyl groups excluding tert-OH is 1. The summed E-state index contributed by atoms with van der Waals surface area (Å²) in [7, 11) is 0. The normalized spacial score (nSPS) is 26.5. The molecule has 1 aromatic heterocycles. The predicted molar refractivity (Wildman–Crippen MR) is 120 cm³/mol. The zero-order valence-electron chi connectivity index (χ0n) is 18.6. The van der Waals surface area contributed by atoms with Crippen molar-refractivity contribution < 1.29 is 28.2 Å². The van der Waals surface area contributed by atoms with Crippen LogP contribution in [0.4, 0.5) is 4.39 Å². The summed E-state index contributed by atoms with van der Waals surface area (Å²) in [6.45, 7) is 3.39. The van der Waals surface area contributed by atoms with Crippen LogP contribution in [-0.2, 0) is 4.79 Å². The largest absolute Gasteiger partial charge is 0.484 e. The van der Waals surface area contributed by atoms with Crippen LogP contribution in [0.25, 0.3) is 0 Å². The summed E-state index contributed by atoms with van der Waals surface area (Å²) in [5, 5.41) is 16.8. The summed E-state index contributed by atoms with van der Waals surface area (Å²) in [6, 6.07) is 5.23. The molecule has 0 saturated heterocycles. The number of carbonyl (C=O) groups is 2. The monoisotopic (exact) mass is 478 g/mol. The highest BCUT2D eigenvalue weighted by Crippen LogP contribution is 2.43. The Bertz CT molecular complexity index is 1030. The van der Waals surface area contributed by atoms with E-state index in [1.807, 2.05) is 13.8 Å². The molecule has 2 fully saturated rings. The van der Waals surface area contributed by atoms with Crippen molar-refractivity contribution in [3.8, 4) is 5.75 Å². The van der Waals surface area contributed by atoms with Crippen LogP contribution in [0, 0.1) is 25.6 Å². The van der Waals surface area contributed by atoms with Crippen molar-refractivity contribution in [1.29, 1.82) is 0 Å². The highest BCUT2D eigenvalue weighted by molar-refractivity contribution is 6.30. The van der Waals surface area contributed by atoms with Crippen molar-refractivity contribution >= 4 is 23.4 Å². The number of ether oxygens (including phenoxy) is 1. The lowest BCUT2D eigenvalue weighted by molar-refractivity contribution is -0.127. The Morgan fingerprint density at radius 3 is 2.79 bits per heavy atom. The molecule has 2 aromatic rings. The predicted octanol–water partition coefficient (Wildman–Crippen LogP) is 3.68. The van der Waals surface area contributed by atoms with E-state index in [2.05, 4.69) is 10.6 Å². The van der Waals surface area contributed by atoms with E-state index >= 15 is 0 Å². The smallest absolute Gasteiger partial charge is 0.287 e. The van der Waals surface area contributed by atoms with Gasteiger partial charge in [-0.1, -0.05) is 18.0 Å². The van der Waals surface area contributed by atoms with Crippen molar-refractivity contribution in [3.05, 3.63) is 52.2 Å². The van der Waals surface area contributed by atoms with Crippen LogP contribution >= 0.6 is 11.6 Å². The van der Waals surface area contributed by atoms with Gasteiger partial charge >= 0.3 is 0 Å². The van der Waals surface area contributed by atoms with Gasteiger partial charge in [0.1, 0.15) is 17.3 Å². The molecule has 4 rings (SSSR count). The summed E-state index contributed by atoms with van der Waals surface area (Å²) >= 11 is 5.65. The second-order valence-corrected chi connectivity index (χ2v) is 9.58. The second kappa shape index (κ2) is 9.35. The topological polar surface area (TPSA) is 101 Å². The van der Waals surface area contributed by atoms with Gasteiger partial charge in [-0.3, -0.25) is 9.59 Å². The molecule has 0 radical (unpaired) electrons. The molecule has 33 heavy (non-hydrogen) atoms. The molecule has 2 aliphatic carbocycles. The molecule has 0 aliphatic heterocycles. The highest BCUT2D eigenvalue weighted by atomic mass is 35.5. The van der Waals surface area contributed by atoms with Gasteiger partial charge in [0.2, 0.25) is 0 Å². The molecule has 1 heterocycles. The molecule has 2 amide bonds. The number of nitrogens with one attached hydrogen (secondary N) is 2. The quantitative estimate of drug-likeness (QED) is 0.588. The maximum absolute atomic E-state index is 13.5. The van der Waals surface area contributed by atoms with Gasteiger partial charge in [0.25, 0.3) is 11.8 Å². The number of benzene rings is 1. The fourth-order valence-electron chi connectivity index (χ4n) is 5.05. The third kappa shape index (κ3) is 5.17. The fourth-order valence-corrected chi connectivity index (χ4v) is 5.17. The van der Waals surface area contributed by atoms with Gasteiger partial charge in [-0.15, -0.1) is 0 Å². The minimum atomic E-state index is -0.818. The molecule has 4 atom stereocenters. The molecule has 3 N–H and O–H groups in total. The van der Waals surface area contributed by atoms with E-state index in [1.165, 1.54) is 12.1 Å². The van der Waals surface area contributed by atoms with E-state index in [0.717, 1.165) is 30.9 Å². The first-order valence-corrected chi connectivity index (χ1v) is 11.5. The SMILES string of the molecule is Cc1cc(C(=O)NC23CCCC(C2)C(NC(=O)COc2ccc(Cl)c(F)c2)C(O)C3)oc1C. The fraction of sp³-hybridized carbons (Fsp3) is 0.500. The number of halogens is 2. The highest BCUT2D eigenvalue weighted by Gasteiger charge is 2.49. The number of fused-ring (bicyclic) bond motifs is 2. The molecular weight excluding hydrogens is 451 g/mol. The van der Waals surface area contributed by atoms with Crippen LogP contribution in [0.1, 0.15) is 54.0 Å². The molecule has 7 nitrogen and oxygen atoms in total. The van der Waals surface area contributed by atoms with Crippen LogP contribution in [-0.4, -0.2) is 41.2 Å². The Hall–Kier alpha value is -2.58. The number of furan rings is 1. The zero-order valence-corrected chi connectivity index (χ0v) is 19.4. The van der Waals surface area contributed by atoms with Crippen molar-refractivity contribution in [2.24, 2.45) is 5.92 Å². The molecule has 9 heteroatoms. The zero-order chi connectivity index (χ0) is 23.8. The van der Waals surface area contributed by atoms with Gasteiger partial charge in [-0.25, -0.2) is 4.39 Å². The number of hydrogen-bond acceptors (Lipinski definition) is 5. The van der Waals surface area contributed by atoms with Crippen LogP contribution in [0.2, 0.25) is 5.02 Å². The van der Waals surface area contributed by atoms with Gasteiger partial charge in [0, 0.05) is 11.6 Å². The molecule has 4 unspecified atom stereocenters. The van der Waals surface area contributed by atoms with Gasteiger partial charge in [0.15, 0.2) is 12.4 Å². The summed E-state index contributed by atoms with van der Waals surface area (Å²) < 4.78 is 24.5. The van der Waals surface area contributed by atoms with Crippen molar-refractivity contribution in [1.82, 2.24) is 10.6 Å². The summed E-state index contributed by atoms with van der Waals surface area (Å²) in [4.78, 5) is 25.3. The summed E-state index contributed by atoms with van der Waals surface area (Å²) in [5.74, 6) is -0.142. The lowest BCUT2D eigenvalue weighted by Crippen LogP contribution is -2.64. The van der Waals surface area contributed by atoms with E-state index in [0.29, 0.717) is 18.6 Å².